The highest BCUT2D eigenvalue weighted by Crippen LogP contribution is 2.34. The molecule has 3 amide bonds. The maximum absolute atomic E-state index is 12.7. The fourth-order valence-corrected chi connectivity index (χ4v) is 3.26. The van der Waals surface area contributed by atoms with Gasteiger partial charge in [0.1, 0.15) is 11.6 Å². The number of amides is 3. The topological polar surface area (TPSA) is 92.5 Å². The van der Waals surface area contributed by atoms with Crippen LogP contribution in [0.5, 0.6) is 0 Å². The zero-order valence-electron chi connectivity index (χ0n) is 13.8. The smallest absolute Gasteiger partial charge is 0.313 e. The highest BCUT2D eigenvalue weighted by atomic mass is 16.2. The Morgan fingerprint density at radius 2 is 1.52 bits per heavy atom. The molecule has 1 heterocycles. The van der Waals surface area contributed by atoms with Crippen LogP contribution in [0, 0.1) is 0 Å². The van der Waals surface area contributed by atoms with Crippen LogP contribution in [0.3, 0.4) is 0 Å². The van der Waals surface area contributed by atoms with Crippen LogP contribution in [-0.2, 0) is 19.8 Å². The minimum Gasteiger partial charge on any atom is -0.369 e. The van der Waals surface area contributed by atoms with Gasteiger partial charge in [0.05, 0.1) is 0 Å². The first-order chi connectivity index (χ1) is 12.0. The van der Waals surface area contributed by atoms with Crippen LogP contribution >= 0.6 is 0 Å². The molecule has 0 spiro atoms. The minimum atomic E-state index is -1.25. The van der Waals surface area contributed by atoms with E-state index in [9.17, 15) is 14.4 Å². The molecule has 1 aliphatic rings. The lowest BCUT2D eigenvalue weighted by molar-refractivity contribution is -0.141. The molecule has 0 radical (unpaired) electrons. The summed E-state index contributed by atoms with van der Waals surface area (Å²) in [7, 11) is 0. The van der Waals surface area contributed by atoms with Crippen molar-refractivity contribution in [1.29, 1.82) is 0 Å². The van der Waals surface area contributed by atoms with Crippen molar-refractivity contribution in [3.8, 4) is 0 Å². The summed E-state index contributed by atoms with van der Waals surface area (Å²) in [5.41, 5.74) is 5.95. The second kappa shape index (κ2) is 6.39. The van der Waals surface area contributed by atoms with Crippen LogP contribution in [0.15, 0.2) is 60.7 Å². The molecular formula is C19H19N3O3. The number of nitrogens with two attached hydrogens (primary N) is 1. The fraction of sp³-hybridized carbons (Fsp3) is 0.211. The molecule has 1 unspecified atom stereocenters. The van der Waals surface area contributed by atoms with Gasteiger partial charge in [-0.2, -0.15) is 0 Å². The third kappa shape index (κ3) is 2.76. The quantitative estimate of drug-likeness (QED) is 0.789. The molecule has 128 valence electrons. The summed E-state index contributed by atoms with van der Waals surface area (Å²) in [6.07, 6.45) is -0.508. The number of carbonyl (C=O) groups excluding carboxylic acids is 3. The number of hydrogen-bond acceptors (Lipinski definition) is 3. The molecule has 3 rings (SSSR count). The van der Waals surface area contributed by atoms with E-state index in [1.807, 2.05) is 36.4 Å². The number of hydrogen-bond donors (Lipinski definition) is 2. The van der Waals surface area contributed by atoms with Crippen molar-refractivity contribution in [2.24, 2.45) is 5.73 Å². The Morgan fingerprint density at radius 3 is 1.88 bits per heavy atom. The van der Waals surface area contributed by atoms with Crippen molar-refractivity contribution in [3.05, 3.63) is 71.8 Å². The minimum absolute atomic E-state index is 0.0188. The number of rotatable bonds is 5. The SMILES string of the molecule is CC1NC(=O)C(=O)N1CC(C(N)=O)(c1ccccc1)c1ccccc1. The molecule has 6 nitrogen and oxygen atoms in total. The highest BCUT2D eigenvalue weighted by Gasteiger charge is 2.47. The predicted octanol–water partition coefficient (Wildman–Crippen LogP) is 0.762. The van der Waals surface area contributed by atoms with Gasteiger partial charge in [-0.1, -0.05) is 60.7 Å². The van der Waals surface area contributed by atoms with Gasteiger partial charge in [0, 0.05) is 6.54 Å². The van der Waals surface area contributed by atoms with E-state index < -0.39 is 29.3 Å². The maximum Gasteiger partial charge on any atom is 0.313 e. The summed E-state index contributed by atoms with van der Waals surface area (Å²) >= 11 is 0. The van der Waals surface area contributed by atoms with Gasteiger partial charge in [0.2, 0.25) is 5.91 Å². The number of nitrogens with one attached hydrogen (secondary N) is 1. The summed E-state index contributed by atoms with van der Waals surface area (Å²) in [5, 5.41) is 2.57. The molecule has 1 saturated heterocycles. The van der Waals surface area contributed by atoms with E-state index in [0.717, 1.165) is 0 Å². The zero-order chi connectivity index (χ0) is 18.0. The van der Waals surface area contributed by atoms with Crippen molar-refractivity contribution in [1.82, 2.24) is 10.2 Å². The molecule has 2 aromatic rings. The maximum atomic E-state index is 12.7. The van der Waals surface area contributed by atoms with Gasteiger partial charge in [-0.05, 0) is 18.1 Å². The van der Waals surface area contributed by atoms with E-state index in [1.54, 1.807) is 31.2 Å². The Labute approximate surface area is 145 Å². The molecule has 1 aliphatic heterocycles. The predicted molar refractivity (Wildman–Crippen MR) is 92.2 cm³/mol. The lowest BCUT2D eigenvalue weighted by atomic mass is 9.73. The van der Waals surface area contributed by atoms with Crippen LogP contribution in [0.25, 0.3) is 0 Å². The molecule has 0 saturated carbocycles. The number of benzene rings is 2. The molecule has 2 aromatic carbocycles. The van der Waals surface area contributed by atoms with Crippen molar-refractivity contribution in [3.63, 3.8) is 0 Å². The van der Waals surface area contributed by atoms with Crippen LogP contribution in [0.2, 0.25) is 0 Å². The zero-order valence-corrected chi connectivity index (χ0v) is 13.8. The number of nitrogens with zero attached hydrogens (tertiary/aromatic N) is 1. The van der Waals surface area contributed by atoms with Crippen molar-refractivity contribution < 1.29 is 14.4 Å². The molecule has 0 aromatic heterocycles. The van der Waals surface area contributed by atoms with Crippen molar-refractivity contribution in [2.75, 3.05) is 6.54 Å². The monoisotopic (exact) mass is 337 g/mol. The molecule has 1 atom stereocenters. The lowest BCUT2D eigenvalue weighted by Crippen LogP contribution is -2.53. The Morgan fingerprint density at radius 1 is 1.04 bits per heavy atom. The summed E-state index contributed by atoms with van der Waals surface area (Å²) in [4.78, 5) is 38.0. The Hall–Kier alpha value is -3.15. The number of primary amides is 1. The highest BCUT2D eigenvalue weighted by molar-refractivity contribution is 6.37. The third-order valence-corrected chi connectivity index (χ3v) is 4.62. The second-order valence-corrected chi connectivity index (χ2v) is 6.08. The van der Waals surface area contributed by atoms with E-state index in [1.165, 1.54) is 4.90 Å². The molecule has 0 bridgehead atoms. The summed E-state index contributed by atoms with van der Waals surface area (Å²) < 4.78 is 0. The third-order valence-electron chi connectivity index (χ3n) is 4.62. The summed E-state index contributed by atoms with van der Waals surface area (Å²) in [5.74, 6) is -1.92. The first-order valence-corrected chi connectivity index (χ1v) is 7.99. The number of carbonyl (C=O) groups is 3. The molecule has 6 heteroatoms. The van der Waals surface area contributed by atoms with Gasteiger partial charge >= 0.3 is 11.8 Å². The average Bonchev–Trinajstić information content (AvgIpc) is 2.86. The standard InChI is InChI=1S/C19H19N3O3/c1-13-21-16(23)17(24)22(13)12-19(18(20)25,14-8-4-2-5-9-14)15-10-6-3-7-11-15/h2-11,13H,12H2,1H3,(H2,20,25)(H,21,23). The summed E-state index contributed by atoms with van der Waals surface area (Å²) in [6, 6.07) is 18.2. The van der Waals surface area contributed by atoms with Crippen molar-refractivity contribution in [2.45, 2.75) is 18.5 Å². The summed E-state index contributed by atoms with van der Waals surface area (Å²) in [6.45, 7) is 1.68. The van der Waals surface area contributed by atoms with Crippen LogP contribution in [0.1, 0.15) is 18.1 Å². The van der Waals surface area contributed by atoms with Gasteiger partial charge in [-0.3, -0.25) is 14.4 Å². The van der Waals surface area contributed by atoms with E-state index in [4.69, 9.17) is 5.73 Å². The van der Waals surface area contributed by atoms with E-state index >= 15 is 0 Å². The fourth-order valence-electron chi connectivity index (χ4n) is 3.26. The van der Waals surface area contributed by atoms with E-state index in [0.29, 0.717) is 11.1 Å². The first kappa shape index (κ1) is 16.7. The Kier molecular flexibility index (Phi) is 4.27. The molecular weight excluding hydrogens is 318 g/mol. The molecule has 3 N–H and O–H groups in total. The molecule has 1 fully saturated rings. The largest absolute Gasteiger partial charge is 0.369 e. The van der Waals surface area contributed by atoms with Crippen LogP contribution in [0.4, 0.5) is 0 Å². The van der Waals surface area contributed by atoms with E-state index in [-0.39, 0.29) is 6.54 Å². The normalized spacial score (nSPS) is 17.5. The van der Waals surface area contributed by atoms with Crippen LogP contribution < -0.4 is 11.1 Å². The first-order valence-electron chi connectivity index (χ1n) is 7.99. The Bertz CT molecular complexity index is 766. The van der Waals surface area contributed by atoms with Crippen LogP contribution in [-0.4, -0.2) is 35.3 Å². The lowest BCUT2D eigenvalue weighted by Gasteiger charge is -2.36. The van der Waals surface area contributed by atoms with Gasteiger partial charge in [-0.15, -0.1) is 0 Å². The van der Waals surface area contributed by atoms with Gasteiger partial charge in [-0.25, -0.2) is 0 Å². The van der Waals surface area contributed by atoms with Crippen molar-refractivity contribution >= 4 is 17.7 Å². The van der Waals surface area contributed by atoms with Gasteiger partial charge in [0.25, 0.3) is 0 Å². The molecule has 25 heavy (non-hydrogen) atoms. The van der Waals surface area contributed by atoms with Gasteiger partial charge < -0.3 is 16.0 Å². The van der Waals surface area contributed by atoms with Gasteiger partial charge in [0.15, 0.2) is 0 Å². The second-order valence-electron chi connectivity index (χ2n) is 6.08. The molecule has 0 aliphatic carbocycles. The average molecular weight is 337 g/mol. The van der Waals surface area contributed by atoms with E-state index in [2.05, 4.69) is 5.32 Å². The Balaban J connectivity index is 2.17.